The molecule has 0 radical (unpaired) electrons. The first-order valence-corrected chi connectivity index (χ1v) is 8.05. The number of benzene rings is 3. The lowest BCUT2D eigenvalue weighted by Crippen LogP contribution is -1.95. The van der Waals surface area contributed by atoms with Gasteiger partial charge in [0.1, 0.15) is 12.4 Å². The Hall–Kier alpha value is -3.33. The highest BCUT2D eigenvalue weighted by Gasteiger charge is 2.01. The Kier molecular flexibility index (Phi) is 5.27. The van der Waals surface area contributed by atoms with E-state index in [0.717, 1.165) is 16.9 Å². The van der Waals surface area contributed by atoms with Crippen LogP contribution in [0, 0.1) is 0 Å². The number of ether oxygens (including phenoxy) is 1. The predicted octanol–water partition coefficient (Wildman–Crippen LogP) is 4.74. The number of anilines is 1. The molecule has 3 aromatic rings. The molecule has 0 unspecified atom stereocenters. The van der Waals surface area contributed by atoms with E-state index < -0.39 is 0 Å². The van der Waals surface area contributed by atoms with Gasteiger partial charge in [-0.3, -0.25) is 4.79 Å². The molecule has 0 atom stereocenters. The highest BCUT2D eigenvalue weighted by molar-refractivity contribution is 6.06. The van der Waals surface area contributed by atoms with Gasteiger partial charge in [0.25, 0.3) is 0 Å². The number of carbonyl (C=O) groups is 1. The molecule has 0 aromatic heterocycles. The highest BCUT2D eigenvalue weighted by atomic mass is 16.5. The smallest absolute Gasteiger partial charge is 0.185 e. The fourth-order valence-corrected chi connectivity index (χ4v) is 2.33. The van der Waals surface area contributed by atoms with Crippen LogP contribution in [0.5, 0.6) is 5.75 Å². The van der Waals surface area contributed by atoms with Crippen LogP contribution in [0.1, 0.15) is 21.5 Å². The standard InChI is InChI=1S/C22H19NO2/c23-20-11-9-19(10-12-20)22(24)15-8-17-6-13-21(14-7-17)25-16-18-4-2-1-3-5-18/h1-15H,16,23H2/b15-8+. The average molecular weight is 329 g/mol. The second-order valence-corrected chi connectivity index (χ2v) is 5.66. The first-order chi connectivity index (χ1) is 12.2. The summed E-state index contributed by atoms with van der Waals surface area (Å²) < 4.78 is 5.75. The summed E-state index contributed by atoms with van der Waals surface area (Å²) >= 11 is 0. The lowest BCUT2D eigenvalue weighted by atomic mass is 10.1. The highest BCUT2D eigenvalue weighted by Crippen LogP contribution is 2.15. The summed E-state index contributed by atoms with van der Waals surface area (Å²) in [5.74, 6) is 0.746. The van der Waals surface area contributed by atoms with Crippen LogP contribution < -0.4 is 10.5 Å². The third-order valence-electron chi connectivity index (χ3n) is 3.75. The van der Waals surface area contributed by atoms with Crippen molar-refractivity contribution in [2.24, 2.45) is 0 Å². The fraction of sp³-hybridized carbons (Fsp3) is 0.0455. The van der Waals surface area contributed by atoms with E-state index in [1.54, 1.807) is 36.4 Å². The molecular formula is C22H19NO2. The van der Waals surface area contributed by atoms with Gasteiger partial charge in [0, 0.05) is 11.3 Å². The molecule has 0 amide bonds. The van der Waals surface area contributed by atoms with Gasteiger partial charge in [-0.25, -0.2) is 0 Å². The van der Waals surface area contributed by atoms with Crippen molar-refractivity contribution in [3.8, 4) is 5.75 Å². The molecule has 0 saturated heterocycles. The van der Waals surface area contributed by atoms with Crippen LogP contribution in [-0.2, 0) is 6.61 Å². The molecule has 2 N–H and O–H groups in total. The van der Waals surface area contributed by atoms with Crippen molar-refractivity contribution >= 4 is 17.5 Å². The molecule has 3 heteroatoms. The van der Waals surface area contributed by atoms with Crippen LogP contribution in [-0.4, -0.2) is 5.78 Å². The second-order valence-electron chi connectivity index (χ2n) is 5.66. The topological polar surface area (TPSA) is 52.3 Å². The van der Waals surface area contributed by atoms with E-state index in [2.05, 4.69) is 0 Å². The first-order valence-electron chi connectivity index (χ1n) is 8.05. The third-order valence-corrected chi connectivity index (χ3v) is 3.75. The minimum Gasteiger partial charge on any atom is -0.489 e. The summed E-state index contributed by atoms with van der Waals surface area (Å²) in [5.41, 5.74) is 8.96. The Morgan fingerprint density at radius 2 is 1.56 bits per heavy atom. The van der Waals surface area contributed by atoms with E-state index in [4.69, 9.17) is 10.5 Å². The number of hydrogen-bond donors (Lipinski definition) is 1. The van der Waals surface area contributed by atoms with Crippen LogP contribution in [0.4, 0.5) is 5.69 Å². The molecule has 124 valence electrons. The van der Waals surface area contributed by atoms with Crippen LogP contribution in [0.25, 0.3) is 6.08 Å². The van der Waals surface area contributed by atoms with E-state index in [0.29, 0.717) is 17.9 Å². The zero-order valence-corrected chi connectivity index (χ0v) is 13.8. The van der Waals surface area contributed by atoms with Crippen molar-refractivity contribution in [3.63, 3.8) is 0 Å². The second kappa shape index (κ2) is 7.97. The van der Waals surface area contributed by atoms with Crippen molar-refractivity contribution in [3.05, 3.63) is 102 Å². The largest absolute Gasteiger partial charge is 0.489 e. The maximum absolute atomic E-state index is 12.1. The zero-order valence-electron chi connectivity index (χ0n) is 13.8. The number of rotatable bonds is 6. The van der Waals surface area contributed by atoms with Crippen molar-refractivity contribution in [2.75, 3.05) is 5.73 Å². The molecule has 0 aliphatic carbocycles. The summed E-state index contributed by atoms with van der Waals surface area (Å²) in [7, 11) is 0. The molecule has 0 fully saturated rings. The Labute approximate surface area is 147 Å². The first kappa shape index (κ1) is 16.5. The van der Waals surface area contributed by atoms with Gasteiger partial charge in [0.15, 0.2) is 5.78 Å². The minimum atomic E-state index is -0.0515. The van der Waals surface area contributed by atoms with Gasteiger partial charge in [0.2, 0.25) is 0 Å². The normalized spacial score (nSPS) is 10.7. The Bertz CT molecular complexity index is 851. The van der Waals surface area contributed by atoms with Crippen LogP contribution in [0.15, 0.2) is 84.9 Å². The van der Waals surface area contributed by atoms with E-state index in [9.17, 15) is 4.79 Å². The monoisotopic (exact) mass is 329 g/mol. The molecule has 0 saturated carbocycles. The summed E-state index contributed by atoms with van der Waals surface area (Å²) in [6.07, 6.45) is 3.35. The van der Waals surface area contributed by atoms with E-state index in [1.165, 1.54) is 0 Å². The van der Waals surface area contributed by atoms with Crippen LogP contribution in [0.2, 0.25) is 0 Å². The molecule has 0 heterocycles. The lowest BCUT2D eigenvalue weighted by Gasteiger charge is -2.06. The van der Waals surface area contributed by atoms with Gasteiger partial charge in [-0.05, 0) is 53.6 Å². The number of ketones is 1. The van der Waals surface area contributed by atoms with E-state index in [-0.39, 0.29) is 5.78 Å². The minimum absolute atomic E-state index is 0.0515. The van der Waals surface area contributed by atoms with Gasteiger partial charge in [-0.15, -0.1) is 0 Å². The summed E-state index contributed by atoms with van der Waals surface area (Å²) in [5, 5.41) is 0. The average Bonchev–Trinajstić information content (AvgIpc) is 2.67. The van der Waals surface area contributed by atoms with Crippen molar-refractivity contribution in [2.45, 2.75) is 6.61 Å². The number of nitrogen functional groups attached to an aromatic ring is 1. The SMILES string of the molecule is Nc1ccc(C(=O)/C=C/c2ccc(OCc3ccccc3)cc2)cc1. The molecule has 0 bridgehead atoms. The molecule has 3 rings (SSSR count). The maximum atomic E-state index is 12.1. The van der Waals surface area contributed by atoms with Crippen molar-refractivity contribution in [1.29, 1.82) is 0 Å². The molecule has 0 aliphatic heterocycles. The maximum Gasteiger partial charge on any atom is 0.185 e. The summed E-state index contributed by atoms with van der Waals surface area (Å²) in [6.45, 7) is 0.533. The van der Waals surface area contributed by atoms with Gasteiger partial charge in [-0.1, -0.05) is 48.5 Å². The molecule has 3 aromatic carbocycles. The quantitative estimate of drug-likeness (QED) is 0.403. The van der Waals surface area contributed by atoms with E-state index in [1.807, 2.05) is 54.6 Å². The van der Waals surface area contributed by atoms with Gasteiger partial charge in [-0.2, -0.15) is 0 Å². The van der Waals surface area contributed by atoms with E-state index >= 15 is 0 Å². The Morgan fingerprint density at radius 1 is 0.880 bits per heavy atom. The van der Waals surface area contributed by atoms with Crippen LogP contribution >= 0.6 is 0 Å². The van der Waals surface area contributed by atoms with Crippen LogP contribution in [0.3, 0.4) is 0 Å². The number of allylic oxidation sites excluding steroid dienone is 1. The Morgan fingerprint density at radius 3 is 2.24 bits per heavy atom. The van der Waals surface area contributed by atoms with Gasteiger partial charge < -0.3 is 10.5 Å². The Balaban J connectivity index is 1.58. The predicted molar refractivity (Wildman–Crippen MR) is 101 cm³/mol. The zero-order chi connectivity index (χ0) is 17.5. The van der Waals surface area contributed by atoms with Crippen molar-refractivity contribution < 1.29 is 9.53 Å². The lowest BCUT2D eigenvalue weighted by molar-refractivity contribution is 0.104. The molecule has 25 heavy (non-hydrogen) atoms. The molecule has 0 spiro atoms. The molecular weight excluding hydrogens is 310 g/mol. The summed E-state index contributed by atoms with van der Waals surface area (Å²) in [6, 6.07) is 24.6. The number of nitrogens with two attached hydrogens (primary N) is 1. The number of hydrogen-bond acceptors (Lipinski definition) is 3. The van der Waals surface area contributed by atoms with Gasteiger partial charge >= 0.3 is 0 Å². The third kappa shape index (κ3) is 4.82. The molecule has 3 nitrogen and oxygen atoms in total. The van der Waals surface area contributed by atoms with Crippen molar-refractivity contribution in [1.82, 2.24) is 0 Å². The van der Waals surface area contributed by atoms with Gasteiger partial charge in [0.05, 0.1) is 0 Å². The number of carbonyl (C=O) groups excluding carboxylic acids is 1. The summed E-state index contributed by atoms with van der Waals surface area (Å²) in [4.78, 5) is 12.1. The fourth-order valence-electron chi connectivity index (χ4n) is 2.33. The molecule has 0 aliphatic rings.